The lowest BCUT2D eigenvalue weighted by Crippen LogP contribution is -1.98. The van der Waals surface area contributed by atoms with Crippen LogP contribution in [-0.4, -0.2) is 4.57 Å². The normalized spacial score (nSPS) is 11.1. The average Bonchev–Trinajstić information content (AvgIpc) is 2.79. The second-order valence-electron chi connectivity index (χ2n) is 4.70. The van der Waals surface area contributed by atoms with E-state index >= 15 is 0 Å². The van der Waals surface area contributed by atoms with E-state index in [1.807, 2.05) is 6.07 Å². The van der Waals surface area contributed by atoms with E-state index in [2.05, 4.69) is 35.9 Å². The molecule has 1 aromatic heterocycles. The van der Waals surface area contributed by atoms with Crippen molar-refractivity contribution in [3.05, 3.63) is 70.6 Å². The molecule has 0 aliphatic rings. The van der Waals surface area contributed by atoms with Gasteiger partial charge in [0.05, 0.1) is 5.02 Å². The van der Waals surface area contributed by atoms with Gasteiger partial charge in [0.15, 0.2) is 0 Å². The number of fused-ring (bicyclic) bond motifs is 1. The second-order valence-corrected chi connectivity index (χ2v) is 5.11. The van der Waals surface area contributed by atoms with Gasteiger partial charge in [-0.2, -0.15) is 0 Å². The minimum absolute atomic E-state index is 0.171. The maximum absolute atomic E-state index is 13.1. The molecule has 3 aromatic rings. The van der Waals surface area contributed by atoms with E-state index in [0.29, 0.717) is 6.54 Å². The van der Waals surface area contributed by atoms with Gasteiger partial charge in [0.1, 0.15) is 5.82 Å². The lowest BCUT2D eigenvalue weighted by Gasteiger charge is -2.07. The molecule has 2 aromatic carbocycles. The summed E-state index contributed by atoms with van der Waals surface area (Å²) in [5, 5.41) is 1.42. The van der Waals surface area contributed by atoms with Crippen molar-refractivity contribution in [1.82, 2.24) is 4.57 Å². The standard InChI is InChI=1S/C16H13ClFN/c1-11-3-2-4-16-13(11)7-8-19(16)10-12-5-6-15(18)14(17)9-12/h2-9H,10H2,1H3. The van der Waals surface area contributed by atoms with Crippen molar-refractivity contribution in [1.29, 1.82) is 0 Å². The van der Waals surface area contributed by atoms with E-state index in [1.54, 1.807) is 12.1 Å². The largest absolute Gasteiger partial charge is 0.343 e. The molecule has 3 rings (SSSR count). The quantitative estimate of drug-likeness (QED) is 0.633. The molecule has 1 heterocycles. The summed E-state index contributed by atoms with van der Waals surface area (Å²) < 4.78 is 15.3. The number of benzene rings is 2. The summed E-state index contributed by atoms with van der Waals surface area (Å²) >= 11 is 5.81. The molecule has 0 aliphatic heterocycles. The fraction of sp³-hybridized carbons (Fsp3) is 0.125. The third kappa shape index (κ3) is 2.24. The Morgan fingerprint density at radius 3 is 2.79 bits per heavy atom. The first kappa shape index (κ1) is 12.2. The fourth-order valence-corrected chi connectivity index (χ4v) is 2.55. The van der Waals surface area contributed by atoms with Crippen LogP contribution in [0.4, 0.5) is 4.39 Å². The lowest BCUT2D eigenvalue weighted by molar-refractivity contribution is 0.627. The Morgan fingerprint density at radius 1 is 1.16 bits per heavy atom. The number of nitrogens with zero attached hydrogens (tertiary/aromatic N) is 1. The number of hydrogen-bond donors (Lipinski definition) is 0. The average molecular weight is 274 g/mol. The molecule has 0 amide bonds. The number of aryl methyl sites for hydroxylation is 1. The molecule has 96 valence electrons. The topological polar surface area (TPSA) is 4.93 Å². The summed E-state index contributed by atoms with van der Waals surface area (Å²) in [4.78, 5) is 0. The van der Waals surface area contributed by atoms with Gasteiger partial charge in [-0.3, -0.25) is 0 Å². The van der Waals surface area contributed by atoms with Crippen molar-refractivity contribution in [2.45, 2.75) is 13.5 Å². The van der Waals surface area contributed by atoms with Gasteiger partial charge in [0.25, 0.3) is 0 Å². The van der Waals surface area contributed by atoms with Crippen LogP contribution in [0.25, 0.3) is 10.9 Å². The Labute approximate surface area is 116 Å². The van der Waals surface area contributed by atoms with Crippen LogP contribution in [0.15, 0.2) is 48.7 Å². The third-order valence-corrected chi connectivity index (χ3v) is 3.66. The highest BCUT2D eigenvalue weighted by atomic mass is 35.5. The Bertz CT molecular complexity index is 746. The van der Waals surface area contributed by atoms with E-state index in [4.69, 9.17) is 11.6 Å². The number of halogens is 2. The Morgan fingerprint density at radius 2 is 2.00 bits per heavy atom. The Balaban J connectivity index is 2.01. The zero-order valence-corrected chi connectivity index (χ0v) is 11.3. The van der Waals surface area contributed by atoms with Crippen molar-refractivity contribution in [3.8, 4) is 0 Å². The summed E-state index contributed by atoms with van der Waals surface area (Å²) in [5.74, 6) is -0.376. The minimum Gasteiger partial charge on any atom is -0.343 e. The van der Waals surface area contributed by atoms with E-state index in [0.717, 1.165) is 5.56 Å². The number of aromatic nitrogens is 1. The van der Waals surface area contributed by atoms with Crippen LogP contribution in [0.2, 0.25) is 5.02 Å². The molecular weight excluding hydrogens is 261 g/mol. The van der Waals surface area contributed by atoms with E-state index in [1.165, 1.54) is 22.5 Å². The molecular formula is C16H13ClFN. The first-order valence-electron chi connectivity index (χ1n) is 6.13. The molecule has 0 unspecified atom stereocenters. The van der Waals surface area contributed by atoms with Gasteiger partial charge in [-0.05, 0) is 42.3 Å². The summed E-state index contributed by atoms with van der Waals surface area (Å²) in [7, 11) is 0. The molecule has 0 aliphatic carbocycles. The van der Waals surface area contributed by atoms with Crippen molar-refractivity contribution in [3.63, 3.8) is 0 Å². The van der Waals surface area contributed by atoms with Gasteiger partial charge < -0.3 is 4.57 Å². The SMILES string of the molecule is Cc1cccc2c1ccn2Cc1ccc(F)c(Cl)c1. The summed E-state index contributed by atoms with van der Waals surface area (Å²) in [6.07, 6.45) is 2.05. The molecule has 0 fully saturated rings. The molecule has 0 atom stereocenters. The van der Waals surface area contributed by atoms with E-state index in [-0.39, 0.29) is 10.8 Å². The van der Waals surface area contributed by atoms with Crippen molar-refractivity contribution in [2.75, 3.05) is 0 Å². The van der Waals surface area contributed by atoms with Gasteiger partial charge in [-0.15, -0.1) is 0 Å². The first-order valence-corrected chi connectivity index (χ1v) is 6.51. The first-order chi connectivity index (χ1) is 9.15. The highest BCUT2D eigenvalue weighted by Crippen LogP contribution is 2.22. The predicted octanol–water partition coefficient (Wildman–Crippen LogP) is 4.79. The molecule has 1 nitrogen and oxygen atoms in total. The van der Waals surface area contributed by atoms with E-state index < -0.39 is 0 Å². The molecule has 0 radical (unpaired) electrons. The monoisotopic (exact) mass is 273 g/mol. The van der Waals surface area contributed by atoms with Crippen LogP contribution in [0.1, 0.15) is 11.1 Å². The van der Waals surface area contributed by atoms with Crippen LogP contribution < -0.4 is 0 Å². The van der Waals surface area contributed by atoms with Crippen LogP contribution in [0.5, 0.6) is 0 Å². The van der Waals surface area contributed by atoms with Crippen molar-refractivity contribution < 1.29 is 4.39 Å². The third-order valence-electron chi connectivity index (χ3n) is 3.37. The molecule has 19 heavy (non-hydrogen) atoms. The summed E-state index contributed by atoms with van der Waals surface area (Å²) in [6, 6.07) is 13.2. The maximum atomic E-state index is 13.1. The number of rotatable bonds is 2. The van der Waals surface area contributed by atoms with Crippen molar-refractivity contribution >= 4 is 22.5 Å². The predicted molar refractivity (Wildman–Crippen MR) is 77.2 cm³/mol. The molecule has 0 saturated heterocycles. The molecule has 0 spiro atoms. The zero-order valence-electron chi connectivity index (χ0n) is 10.5. The smallest absolute Gasteiger partial charge is 0.141 e. The van der Waals surface area contributed by atoms with Crippen LogP contribution in [-0.2, 0) is 6.54 Å². The van der Waals surface area contributed by atoms with Crippen LogP contribution in [0, 0.1) is 12.7 Å². The molecule has 0 bridgehead atoms. The van der Waals surface area contributed by atoms with Gasteiger partial charge in [-0.25, -0.2) is 4.39 Å². The number of hydrogen-bond acceptors (Lipinski definition) is 0. The second kappa shape index (κ2) is 4.71. The summed E-state index contributed by atoms with van der Waals surface area (Å²) in [5.41, 5.74) is 3.43. The fourth-order valence-electron chi connectivity index (χ4n) is 2.35. The van der Waals surface area contributed by atoms with Gasteiger partial charge in [0, 0.05) is 23.6 Å². The minimum atomic E-state index is -0.376. The molecule has 0 saturated carbocycles. The van der Waals surface area contributed by atoms with Crippen molar-refractivity contribution in [2.24, 2.45) is 0 Å². The Kier molecular flexibility index (Phi) is 3.03. The summed E-state index contributed by atoms with van der Waals surface area (Å²) in [6.45, 7) is 2.79. The highest BCUT2D eigenvalue weighted by molar-refractivity contribution is 6.30. The van der Waals surface area contributed by atoms with Crippen LogP contribution >= 0.6 is 11.6 Å². The van der Waals surface area contributed by atoms with Gasteiger partial charge in [-0.1, -0.05) is 29.8 Å². The highest BCUT2D eigenvalue weighted by Gasteiger charge is 2.05. The van der Waals surface area contributed by atoms with E-state index in [9.17, 15) is 4.39 Å². The molecule has 0 N–H and O–H groups in total. The zero-order chi connectivity index (χ0) is 13.4. The lowest BCUT2D eigenvalue weighted by atomic mass is 10.1. The van der Waals surface area contributed by atoms with Crippen LogP contribution in [0.3, 0.4) is 0 Å². The van der Waals surface area contributed by atoms with Gasteiger partial charge >= 0.3 is 0 Å². The Hall–Kier alpha value is -1.80. The molecule has 3 heteroatoms. The van der Waals surface area contributed by atoms with Gasteiger partial charge in [0.2, 0.25) is 0 Å². The maximum Gasteiger partial charge on any atom is 0.141 e.